The van der Waals surface area contributed by atoms with Crippen LogP contribution in [-0.2, 0) is 14.8 Å². The Morgan fingerprint density at radius 3 is 2.70 bits per heavy atom. The summed E-state index contributed by atoms with van der Waals surface area (Å²) in [5, 5.41) is -0.190. The van der Waals surface area contributed by atoms with Gasteiger partial charge in [-0.05, 0) is 69.9 Å². The average molecular weight is 436 g/mol. The summed E-state index contributed by atoms with van der Waals surface area (Å²) < 4.78 is 40.8. The molecule has 2 bridgehead atoms. The number of rotatable bonds is 3. The molecule has 1 aromatic heterocycles. The van der Waals surface area contributed by atoms with E-state index in [1.54, 1.807) is 6.20 Å². The Morgan fingerprint density at radius 2 is 1.90 bits per heavy atom. The van der Waals surface area contributed by atoms with E-state index in [-0.39, 0.29) is 23.4 Å². The third kappa shape index (κ3) is 4.52. The van der Waals surface area contributed by atoms with Crippen molar-refractivity contribution in [3.05, 3.63) is 23.9 Å². The molecule has 2 atom stereocenters. The van der Waals surface area contributed by atoms with Crippen LogP contribution in [0.25, 0.3) is 0 Å². The van der Waals surface area contributed by atoms with Crippen LogP contribution in [0.5, 0.6) is 5.88 Å². The summed E-state index contributed by atoms with van der Waals surface area (Å²) in [6.07, 6.45) is 9.72. The maximum Gasteiger partial charge on any atom is 0.216 e. The number of hydrogen-bond acceptors (Lipinski definition) is 6. The lowest BCUT2D eigenvalue weighted by molar-refractivity contribution is -0.0284. The molecule has 1 N–H and O–H groups in total. The van der Waals surface area contributed by atoms with Crippen molar-refractivity contribution in [1.29, 1.82) is 0 Å². The van der Waals surface area contributed by atoms with E-state index in [1.807, 2.05) is 6.07 Å². The highest BCUT2D eigenvalue weighted by Gasteiger charge is 2.41. The Kier molecular flexibility index (Phi) is 6.01. The van der Waals surface area contributed by atoms with E-state index >= 15 is 0 Å². The van der Waals surface area contributed by atoms with Crippen molar-refractivity contribution in [2.45, 2.75) is 80.7 Å². The number of pyridine rings is 1. The molecule has 8 heteroatoms. The van der Waals surface area contributed by atoms with Gasteiger partial charge in [0, 0.05) is 30.4 Å². The van der Waals surface area contributed by atoms with Crippen LogP contribution >= 0.6 is 0 Å². The predicted octanol–water partition coefficient (Wildman–Crippen LogP) is 2.43. The minimum Gasteiger partial charge on any atom is -0.476 e. The number of ether oxygens (including phenoxy) is 2. The van der Waals surface area contributed by atoms with Gasteiger partial charge in [0.1, 0.15) is 6.61 Å². The number of nitrogens with one attached hydrogen (secondary N) is 1. The molecule has 0 radical (unpaired) electrons. The maximum absolute atomic E-state index is 12.6. The predicted molar refractivity (Wildman–Crippen MR) is 114 cm³/mol. The van der Waals surface area contributed by atoms with Crippen LogP contribution in [-0.4, -0.2) is 68.0 Å². The third-order valence-corrected chi connectivity index (χ3v) is 9.19. The first-order valence-corrected chi connectivity index (χ1v) is 13.1. The molecule has 1 unspecified atom stereocenters. The first kappa shape index (κ1) is 20.7. The number of piperidine rings is 1. The number of nitrogens with zero attached hydrogens (tertiary/aromatic N) is 2. The van der Waals surface area contributed by atoms with Crippen LogP contribution in [0, 0.1) is 0 Å². The van der Waals surface area contributed by atoms with Crippen LogP contribution in [0.1, 0.15) is 62.8 Å². The van der Waals surface area contributed by atoms with Gasteiger partial charge in [0.15, 0.2) is 0 Å². The minimum absolute atomic E-state index is 0.0533. The van der Waals surface area contributed by atoms with Gasteiger partial charge in [-0.15, -0.1) is 0 Å². The monoisotopic (exact) mass is 435 g/mol. The molecule has 2 saturated carbocycles. The second kappa shape index (κ2) is 8.73. The van der Waals surface area contributed by atoms with Gasteiger partial charge in [-0.3, -0.25) is 4.90 Å². The highest BCUT2D eigenvalue weighted by atomic mass is 32.2. The number of aromatic nitrogens is 1. The van der Waals surface area contributed by atoms with Crippen LogP contribution in [0.4, 0.5) is 0 Å². The molecule has 30 heavy (non-hydrogen) atoms. The van der Waals surface area contributed by atoms with Gasteiger partial charge in [-0.2, -0.15) is 0 Å². The Balaban J connectivity index is 1.35. The van der Waals surface area contributed by atoms with E-state index in [0.29, 0.717) is 19.1 Å². The molecule has 1 saturated heterocycles. The molecule has 0 amide bonds. The zero-order valence-corrected chi connectivity index (χ0v) is 18.4. The van der Waals surface area contributed by atoms with Gasteiger partial charge >= 0.3 is 0 Å². The summed E-state index contributed by atoms with van der Waals surface area (Å²) in [7, 11) is -3.22. The van der Waals surface area contributed by atoms with Crippen molar-refractivity contribution in [3.63, 3.8) is 0 Å². The first-order chi connectivity index (χ1) is 14.6. The Bertz CT molecular complexity index is 837. The molecule has 166 valence electrons. The summed E-state index contributed by atoms with van der Waals surface area (Å²) in [6.45, 7) is 2.83. The Morgan fingerprint density at radius 1 is 1.07 bits per heavy atom. The van der Waals surface area contributed by atoms with Crippen LogP contribution in [0.15, 0.2) is 18.3 Å². The zero-order chi connectivity index (χ0) is 20.6. The number of fused-ring (bicyclic) bond motifs is 5. The van der Waals surface area contributed by atoms with Gasteiger partial charge < -0.3 is 9.47 Å². The lowest BCUT2D eigenvalue weighted by atomic mass is 9.83. The standard InChI is InChI=1S/C22H33N3O4S/c26-30(27,18-9-10-18)24-20-4-2-12-25-13-14-28-22-19(3-1-11-23-22)16-5-7-17(8-6-16)29-15-21(20)25/h1,3,11,16-18,20-21,24H,2,4-10,12-15H2/t16?,17?,20?,21-/m0/s1. The Hall–Kier alpha value is -1.22. The molecule has 5 aliphatic rings. The van der Waals surface area contributed by atoms with Crippen molar-refractivity contribution in [2.75, 3.05) is 26.3 Å². The van der Waals surface area contributed by atoms with E-state index in [0.717, 1.165) is 70.3 Å². The van der Waals surface area contributed by atoms with Gasteiger partial charge in [0.25, 0.3) is 0 Å². The van der Waals surface area contributed by atoms with Crippen molar-refractivity contribution in [3.8, 4) is 5.88 Å². The highest BCUT2D eigenvalue weighted by molar-refractivity contribution is 7.90. The largest absolute Gasteiger partial charge is 0.476 e. The van der Waals surface area contributed by atoms with E-state index in [1.165, 1.54) is 5.56 Å². The molecule has 7 nitrogen and oxygen atoms in total. The molecular formula is C22H33N3O4S. The topological polar surface area (TPSA) is 80.8 Å². The fourth-order valence-corrected chi connectivity index (χ4v) is 6.96. The maximum atomic E-state index is 12.6. The second-order valence-corrected chi connectivity index (χ2v) is 11.3. The number of sulfonamides is 1. The summed E-state index contributed by atoms with van der Waals surface area (Å²) in [5.41, 5.74) is 1.22. The third-order valence-electron chi connectivity index (χ3n) is 7.21. The van der Waals surface area contributed by atoms with E-state index in [9.17, 15) is 8.42 Å². The number of hydrogen-bond donors (Lipinski definition) is 1. The molecule has 4 heterocycles. The molecule has 6 rings (SSSR count). The van der Waals surface area contributed by atoms with Crippen LogP contribution in [0.3, 0.4) is 0 Å². The normalized spacial score (nSPS) is 33.3. The molecule has 3 aliphatic heterocycles. The summed E-state index contributed by atoms with van der Waals surface area (Å²) in [4.78, 5) is 6.87. The summed E-state index contributed by atoms with van der Waals surface area (Å²) >= 11 is 0. The smallest absolute Gasteiger partial charge is 0.216 e. The first-order valence-electron chi connectivity index (χ1n) is 11.5. The van der Waals surface area contributed by atoms with Gasteiger partial charge in [0.05, 0.1) is 18.0 Å². The van der Waals surface area contributed by atoms with E-state index < -0.39 is 10.0 Å². The lowest BCUT2D eigenvalue weighted by Gasteiger charge is -2.42. The molecule has 1 aromatic rings. The van der Waals surface area contributed by atoms with Crippen molar-refractivity contribution in [2.24, 2.45) is 0 Å². The van der Waals surface area contributed by atoms with Crippen LogP contribution < -0.4 is 9.46 Å². The fourth-order valence-electron chi connectivity index (χ4n) is 5.32. The van der Waals surface area contributed by atoms with Crippen molar-refractivity contribution in [1.82, 2.24) is 14.6 Å². The zero-order valence-electron chi connectivity index (χ0n) is 17.5. The minimum atomic E-state index is -3.22. The molecule has 3 fully saturated rings. The highest BCUT2D eigenvalue weighted by Crippen LogP contribution is 2.38. The van der Waals surface area contributed by atoms with Crippen molar-refractivity contribution < 1.29 is 17.9 Å². The fraction of sp³-hybridized carbons (Fsp3) is 0.773. The molecular weight excluding hydrogens is 402 g/mol. The summed E-state index contributed by atoms with van der Waals surface area (Å²) in [6, 6.07) is 4.12. The quantitative estimate of drug-likeness (QED) is 0.785. The molecule has 0 aromatic carbocycles. The van der Waals surface area contributed by atoms with Gasteiger partial charge in [0.2, 0.25) is 15.9 Å². The molecule has 2 aliphatic carbocycles. The SMILES string of the molecule is O=S(=O)(NC1CCCN2CCOc3ncccc3C3CCC(CC3)OC[C@@H]12)C1CC1. The molecule has 0 spiro atoms. The van der Waals surface area contributed by atoms with E-state index in [2.05, 4.69) is 20.7 Å². The second-order valence-electron chi connectivity index (χ2n) is 9.27. The van der Waals surface area contributed by atoms with Crippen LogP contribution in [0.2, 0.25) is 0 Å². The van der Waals surface area contributed by atoms with Gasteiger partial charge in [-0.25, -0.2) is 18.1 Å². The summed E-state index contributed by atoms with van der Waals surface area (Å²) in [5.74, 6) is 1.25. The lowest BCUT2D eigenvalue weighted by Crippen LogP contribution is -2.58. The van der Waals surface area contributed by atoms with E-state index in [4.69, 9.17) is 9.47 Å². The van der Waals surface area contributed by atoms with Crippen molar-refractivity contribution >= 4 is 10.0 Å². The average Bonchev–Trinajstić information content (AvgIpc) is 3.59. The van der Waals surface area contributed by atoms with Gasteiger partial charge in [-0.1, -0.05) is 6.07 Å². The Labute approximate surface area is 179 Å².